The van der Waals surface area contributed by atoms with Gasteiger partial charge >= 0.3 is 0 Å². The van der Waals surface area contributed by atoms with Crippen LogP contribution in [0.3, 0.4) is 0 Å². The summed E-state index contributed by atoms with van der Waals surface area (Å²) in [7, 11) is 0. The van der Waals surface area contributed by atoms with Gasteiger partial charge in [0.15, 0.2) is 0 Å². The van der Waals surface area contributed by atoms with Crippen molar-refractivity contribution in [2.75, 3.05) is 5.32 Å². The highest BCUT2D eigenvalue weighted by molar-refractivity contribution is 5.92. The van der Waals surface area contributed by atoms with Crippen LogP contribution in [-0.4, -0.2) is 26.3 Å². The number of nitrogens with one attached hydrogen (secondary N) is 2. The molecule has 0 saturated carbocycles. The third-order valence-corrected chi connectivity index (χ3v) is 3.92. The predicted octanol–water partition coefficient (Wildman–Crippen LogP) is 2.79. The van der Waals surface area contributed by atoms with Crippen molar-refractivity contribution in [2.24, 2.45) is 5.92 Å². The van der Waals surface area contributed by atoms with Crippen molar-refractivity contribution >= 4 is 17.5 Å². The Kier molecular flexibility index (Phi) is 5.61. The average Bonchev–Trinajstić information content (AvgIpc) is 3.17. The zero-order valence-electron chi connectivity index (χ0n) is 15.2. The Balaban J connectivity index is 1.63. The molecule has 0 fully saturated rings. The fourth-order valence-electron chi connectivity index (χ4n) is 2.33. The van der Waals surface area contributed by atoms with E-state index in [-0.39, 0.29) is 17.7 Å². The van der Waals surface area contributed by atoms with Gasteiger partial charge in [0.2, 0.25) is 5.91 Å². The van der Waals surface area contributed by atoms with Crippen molar-refractivity contribution in [1.29, 1.82) is 0 Å². The number of aromatic nitrogens is 3. The number of pyridine rings is 1. The number of carbonyl (C=O) groups excluding carboxylic acids is 2. The Hall–Kier alpha value is -3.48. The molecule has 0 saturated heterocycles. The van der Waals surface area contributed by atoms with Gasteiger partial charge in [-0.15, -0.1) is 0 Å². The molecule has 3 rings (SSSR count). The first-order valence-electron chi connectivity index (χ1n) is 8.66. The van der Waals surface area contributed by atoms with E-state index < -0.39 is 0 Å². The van der Waals surface area contributed by atoms with Crippen molar-refractivity contribution in [3.63, 3.8) is 0 Å². The quantitative estimate of drug-likeness (QED) is 0.705. The van der Waals surface area contributed by atoms with Gasteiger partial charge in [-0.3, -0.25) is 14.2 Å². The first-order valence-corrected chi connectivity index (χ1v) is 8.66. The van der Waals surface area contributed by atoms with E-state index in [1.165, 1.54) is 6.33 Å². The largest absolute Gasteiger partial charge is 0.347 e. The molecule has 0 aliphatic heterocycles. The zero-order valence-corrected chi connectivity index (χ0v) is 15.2. The molecule has 7 heteroatoms. The van der Waals surface area contributed by atoms with Crippen molar-refractivity contribution < 1.29 is 9.59 Å². The van der Waals surface area contributed by atoms with Crippen LogP contribution in [0, 0.1) is 5.92 Å². The first kappa shape index (κ1) is 18.3. The number of nitrogens with zero attached hydrogens (tertiary/aromatic N) is 3. The van der Waals surface area contributed by atoms with Crippen LogP contribution in [0.1, 0.15) is 29.9 Å². The smallest absolute Gasteiger partial charge is 0.271 e. The molecule has 0 unspecified atom stereocenters. The Morgan fingerprint density at radius 1 is 1.07 bits per heavy atom. The molecule has 2 N–H and O–H groups in total. The topological polar surface area (TPSA) is 88.9 Å². The monoisotopic (exact) mass is 363 g/mol. The SMILES string of the molecule is CC(C)C(=O)Nc1ccc(-n2cnc(C(=O)NCc3ccccc3)c2)nc1. The number of benzene rings is 1. The van der Waals surface area contributed by atoms with Gasteiger partial charge in [-0.2, -0.15) is 0 Å². The summed E-state index contributed by atoms with van der Waals surface area (Å²) in [5.41, 5.74) is 1.95. The molecular weight excluding hydrogens is 342 g/mol. The van der Waals surface area contributed by atoms with Crippen LogP contribution in [0.4, 0.5) is 5.69 Å². The van der Waals surface area contributed by atoms with Gasteiger partial charge in [0.05, 0.1) is 11.9 Å². The van der Waals surface area contributed by atoms with Crippen molar-refractivity contribution in [1.82, 2.24) is 19.9 Å². The normalized spacial score (nSPS) is 10.6. The van der Waals surface area contributed by atoms with E-state index in [0.717, 1.165) is 5.56 Å². The average molecular weight is 363 g/mol. The number of rotatable bonds is 6. The number of hydrogen-bond donors (Lipinski definition) is 2. The van der Waals surface area contributed by atoms with Crippen molar-refractivity contribution in [3.8, 4) is 5.82 Å². The molecule has 0 radical (unpaired) electrons. The minimum Gasteiger partial charge on any atom is -0.347 e. The van der Waals surface area contributed by atoms with Gasteiger partial charge in [-0.25, -0.2) is 9.97 Å². The summed E-state index contributed by atoms with van der Waals surface area (Å²) in [5, 5.41) is 5.62. The van der Waals surface area contributed by atoms with E-state index in [9.17, 15) is 9.59 Å². The standard InChI is InChI=1S/C20H21N5O2/c1-14(2)19(26)24-16-8-9-18(21-11-16)25-12-17(23-13-25)20(27)22-10-15-6-4-3-5-7-15/h3-9,11-14H,10H2,1-2H3,(H,22,27)(H,24,26). The first-order chi connectivity index (χ1) is 13.0. The number of amides is 2. The highest BCUT2D eigenvalue weighted by Gasteiger charge is 2.11. The molecule has 0 atom stereocenters. The Morgan fingerprint density at radius 3 is 2.52 bits per heavy atom. The van der Waals surface area contributed by atoms with E-state index in [1.807, 2.05) is 44.2 Å². The zero-order chi connectivity index (χ0) is 19.2. The second-order valence-electron chi connectivity index (χ2n) is 6.38. The molecule has 2 heterocycles. The summed E-state index contributed by atoms with van der Waals surface area (Å²) in [6.45, 7) is 4.09. The third-order valence-electron chi connectivity index (χ3n) is 3.92. The lowest BCUT2D eigenvalue weighted by atomic mass is 10.2. The van der Waals surface area contributed by atoms with Crippen molar-refractivity contribution in [2.45, 2.75) is 20.4 Å². The summed E-state index contributed by atoms with van der Waals surface area (Å²) < 4.78 is 1.66. The molecular formula is C20H21N5O2. The predicted molar refractivity (Wildman–Crippen MR) is 102 cm³/mol. The Labute approximate surface area is 157 Å². The maximum atomic E-state index is 12.2. The highest BCUT2D eigenvalue weighted by atomic mass is 16.2. The second kappa shape index (κ2) is 8.27. The van der Waals surface area contributed by atoms with Gasteiger partial charge in [0, 0.05) is 18.7 Å². The molecule has 0 spiro atoms. The highest BCUT2D eigenvalue weighted by Crippen LogP contribution is 2.12. The third kappa shape index (κ3) is 4.78. The Bertz CT molecular complexity index is 917. The summed E-state index contributed by atoms with van der Waals surface area (Å²) in [5.74, 6) is 0.186. The van der Waals surface area contributed by atoms with E-state index in [2.05, 4.69) is 20.6 Å². The van der Waals surface area contributed by atoms with E-state index in [0.29, 0.717) is 23.7 Å². The van der Waals surface area contributed by atoms with E-state index in [4.69, 9.17) is 0 Å². The minimum absolute atomic E-state index is 0.0652. The van der Waals surface area contributed by atoms with Gasteiger partial charge in [0.1, 0.15) is 17.8 Å². The number of imidazole rings is 1. The molecule has 2 amide bonds. The van der Waals surface area contributed by atoms with Crippen LogP contribution in [0.25, 0.3) is 5.82 Å². The number of carbonyl (C=O) groups is 2. The van der Waals surface area contributed by atoms with Gasteiger partial charge in [-0.1, -0.05) is 44.2 Å². The fraction of sp³-hybridized carbons (Fsp3) is 0.200. The number of anilines is 1. The summed E-state index contributed by atoms with van der Waals surface area (Å²) in [6.07, 6.45) is 4.73. The van der Waals surface area contributed by atoms with Crippen LogP contribution in [0.2, 0.25) is 0 Å². The van der Waals surface area contributed by atoms with E-state index in [1.54, 1.807) is 29.1 Å². The lowest BCUT2D eigenvalue weighted by Gasteiger charge is -2.08. The van der Waals surface area contributed by atoms with Gasteiger partial charge in [0.25, 0.3) is 5.91 Å². The van der Waals surface area contributed by atoms with Crippen LogP contribution in [0.15, 0.2) is 61.2 Å². The molecule has 0 bridgehead atoms. The summed E-state index contributed by atoms with van der Waals surface area (Å²) in [6, 6.07) is 13.2. The summed E-state index contributed by atoms with van der Waals surface area (Å²) in [4.78, 5) is 32.4. The molecule has 0 aliphatic carbocycles. The Morgan fingerprint density at radius 2 is 1.85 bits per heavy atom. The van der Waals surface area contributed by atoms with Gasteiger partial charge in [-0.05, 0) is 17.7 Å². The van der Waals surface area contributed by atoms with Crippen molar-refractivity contribution in [3.05, 3.63) is 72.4 Å². The van der Waals surface area contributed by atoms with Crippen LogP contribution >= 0.6 is 0 Å². The molecule has 1 aromatic carbocycles. The molecule has 27 heavy (non-hydrogen) atoms. The molecule has 2 aromatic heterocycles. The second-order valence-corrected chi connectivity index (χ2v) is 6.38. The van der Waals surface area contributed by atoms with Crippen LogP contribution < -0.4 is 10.6 Å². The maximum absolute atomic E-state index is 12.2. The lowest BCUT2D eigenvalue weighted by Crippen LogP contribution is -2.23. The van der Waals surface area contributed by atoms with Crippen LogP contribution in [0.5, 0.6) is 0 Å². The number of hydrogen-bond acceptors (Lipinski definition) is 4. The maximum Gasteiger partial charge on any atom is 0.271 e. The fourth-order valence-corrected chi connectivity index (χ4v) is 2.33. The van der Waals surface area contributed by atoms with Gasteiger partial charge < -0.3 is 10.6 Å². The molecule has 7 nitrogen and oxygen atoms in total. The molecule has 0 aliphatic rings. The molecule has 138 valence electrons. The van der Waals surface area contributed by atoms with E-state index >= 15 is 0 Å². The molecule has 3 aromatic rings. The summed E-state index contributed by atoms with van der Waals surface area (Å²) >= 11 is 0. The minimum atomic E-state index is -0.251. The van der Waals surface area contributed by atoms with Crippen LogP contribution in [-0.2, 0) is 11.3 Å². The lowest BCUT2D eigenvalue weighted by molar-refractivity contribution is -0.118.